The zero-order valence-electron chi connectivity index (χ0n) is 4.24. The Hall–Kier alpha value is -0.185. The van der Waals surface area contributed by atoms with Gasteiger partial charge in [-0.05, 0) is 6.92 Å². The van der Waals surface area contributed by atoms with Crippen molar-refractivity contribution >= 4 is 8.41 Å². The molecule has 0 rings (SSSR count). The lowest BCUT2D eigenvalue weighted by molar-refractivity contribution is -0.235. The first-order valence-electron chi connectivity index (χ1n) is 1.69. The van der Waals surface area contributed by atoms with E-state index in [4.69, 9.17) is 5.11 Å². The molecule has 1 N–H and O–H groups in total. The molecule has 0 heterocycles. The molecule has 5 heteroatoms. The molecule has 0 aliphatic rings. The molecular weight excluding hydrogens is 120 g/mol. The normalized spacial score (nSPS) is 14.6. The van der Waals surface area contributed by atoms with Crippen LogP contribution < -0.4 is 0 Å². The van der Waals surface area contributed by atoms with Gasteiger partial charge in [0, 0.05) is 8.41 Å². The number of hydrogen-bond acceptors (Lipinski definition) is 1. The van der Waals surface area contributed by atoms with E-state index in [0.29, 0.717) is 6.92 Å². The second kappa shape index (κ2) is 2.97. The highest BCUT2D eigenvalue weighted by atomic mass is 19.3. The highest BCUT2D eigenvalue weighted by Crippen LogP contribution is 2.15. The lowest BCUT2D eigenvalue weighted by atomic mass is 10.4. The third-order valence-corrected chi connectivity index (χ3v) is 0.479. The van der Waals surface area contributed by atoms with Gasteiger partial charge in [0.2, 0.25) is 0 Å². The molecule has 3 radical (unpaired) electrons. The standard InChI is InChI=1S/C3H5F3O.B/c1-2(4)3(5,6)7;/h2,7H,1H3;. The number of aliphatic hydroxyl groups is 1. The molecule has 0 bridgehead atoms. The molecule has 0 fully saturated rings. The molecule has 1 atom stereocenters. The van der Waals surface area contributed by atoms with E-state index >= 15 is 0 Å². The average molecular weight is 125 g/mol. The Labute approximate surface area is 47.1 Å². The van der Waals surface area contributed by atoms with E-state index in [2.05, 4.69) is 0 Å². The van der Waals surface area contributed by atoms with Crippen LogP contribution in [0, 0.1) is 0 Å². The topological polar surface area (TPSA) is 20.2 Å². The second-order valence-electron chi connectivity index (χ2n) is 1.20. The zero-order valence-corrected chi connectivity index (χ0v) is 4.24. The highest BCUT2D eigenvalue weighted by molar-refractivity contribution is 5.75. The molecule has 0 spiro atoms. The fourth-order valence-corrected chi connectivity index (χ4v) is 0. The van der Waals surface area contributed by atoms with Crippen molar-refractivity contribution in [2.75, 3.05) is 0 Å². The minimum absolute atomic E-state index is 0. The van der Waals surface area contributed by atoms with Crippen molar-refractivity contribution in [3.05, 3.63) is 0 Å². The maximum absolute atomic E-state index is 11.2. The summed E-state index contributed by atoms with van der Waals surface area (Å²) in [5.41, 5.74) is 0. The molecule has 0 saturated carbocycles. The summed E-state index contributed by atoms with van der Waals surface area (Å²) in [6.45, 7) is 0.583. The van der Waals surface area contributed by atoms with Crippen LogP contribution in [-0.4, -0.2) is 25.8 Å². The van der Waals surface area contributed by atoms with E-state index in [1.165, 1.54) is 0 Å². The van der Waals surface area contributed by atoms with Gasteiger partial charge in [0.1, 0.15) is 0 Å². The first-order chi connectivity index (χ1) is 2.94. The van der Waals surface area contributed by atoms with Gasteiger partial charge in [-0.1, -0.05) is 0 Å². The van der Waals surface area contributed by atoms with Gasteiger partial charge in [-0.3, -0.25) is 0 Å². The largest absolute Gasteiger partial charge is 0.384 e. The number of hydrogen-bond donors (Lipinski definition) is 1. The lowest BCUT2D eigenvalue weighted by Crippen LogP contribution is -2.25. The molecule has 0 aliphatic carbocycles. The average Bonchev–Trinajstić information content (AvgIpc) is 1.31. The van der Waals surface area contributed by atoms with Crippen LogP contribution in [-0.2, 0) is 0 Å². The summed E-state index contributed by atoms with van der Waals surface area (Å²) in [5.74, 6) is 0. The fraction of sp³-hybridized carbons (Fsp3) is 1.00. The monoisotopic (exact) mass is 125 g/mol. The Kier molecular flexibility index (Phi) is 3.98. The minimum Gasteiger partial charge on any atom is -0.334 e. The lowest BCUT2D eigenvalue weighted by Gasteiger charge is -2.07. The number of alkyl halides is 3. The smallest absolute Gasteiger partial charge is 0.334 e. The van der Waals surface area contributed by atoms with Gasteiger partial charge < -0.3 is 5.11 Å². The Balaban J connectivity index is 0. The van der Waals surface area contributed by atoms with Crippen LogP contribution in [0.1, 0.15) is 6.92 Å². The molecular formula is C3H5BF3O. The highest BCUT2D eigenvalue weighted by Gasteiger charge is 2.32. The molecule has 0 aliphatic heterocycles. The van der Waals surface area contributed by atoms with Gasteiger partial charge in [-0.25, -0.2) is 4.39 Å². The van der Waals surface area contributed by atoms with Crippen LogP contribution in [0.15, 0.2) is 0 Å². The molecule has 47 valence electrons. The maximum Gasteiger partial charge on any atom is 0.384 e. The summed E-state index contributed by atoms with van der Waals surface area (Å²) >= 11 is 0. The molecule has 0 aromatic rings. The van der Waals surface area contributed by atoms with E-state index in [1.807, 2.05) is 0 Å². The fourth-order valence-electron chi connectivity index (χ4n) is 0. The van der Waals surface area contributed by atoms with Crippen molar-refractivity contribution in [3.63, 3.8) is 0 Å². The van der Waals surface area contributed by atoms with Crippen LogP contribution in [0.25, 0.3) is 0 Å². The first-order valence-corrected chi connectivity index (χ1v) is 1.69. The SMILES string of the molecule is CC(F)C(O)(F)F.[B]. The van der Waals surface area contributed by atoms with Crippen LogP contribution in [0.2, 0.25) is 0 Å². The maximum atomic E-state index is 11.2. The quantitative estimate of drug-likeness (QED) is 0.507. The van der Waals surface area contributed by atoms with Gasteiger partial charge >= 0.3 is 6.11 Å². The summed E-state index contributed by atoms with van der Waals surface area (Å²) in [6, 6.07) is 0. The van der Waals surface area contributed by atoms with E-state index < -0.39 is 12.3 Å². The van der Waals surface area contributed by atoms with Crippen molar-refractivity contribution < 1.29 is 18.3 Å². The van der Waals surface area contributed by atoms with Gasteiger partial charge in [0.25, 0.3) is 0 Å². The molecule has 0 saturated heterocycles. The summed E-state index contributed by atoms with van der Waals surface area (Å²) in [6.07, 6.45) is -6.65. The Morgan fingerprint density at radius 1 is 1.50 bits per heavy atom. The Morgan fingerprint density at radius 2 is 1.62 bits per heavy atom. The van der Waals surface area contributed by atoms with Crippen molar-refractivity contribution in [2.45, 2.75) is 19.2 Å². The third-order valence-electron chi connectivity index (χ3n) is 0.479. The summed E-state index contributed by atoms with van der Waals surface area (Å²) < 4.78 is 33.3. The molecule has 0 aromatic heterocycles. The molecule has 0 aromatic carbocycles. The predicted octanol–water partition coefficient (Wildman–Crippen LogP) is 0.549. The van der Waals surface area contributed by atoms with E-state index in [9.17, 15) is 13.2 Å². The van der Waals surface area contributed by atoms with E-state index in [-0.39, 0.29) is 8.41 Å². The van der Waals surface area contributed by atoms with Gasteiger partial charge in [-0.2, -0.15) is 8.78 Å². The van der Waals surface area contributed by atoms with Crippen LogP contribution >= 0.6 is 0 Å². The first kappa shape index (κ1) is 10.7. The number of halogens is 3. The van der Waals surface area contributed by atoms with Crippen molar-refractivity contribution in [2.24, 2.45) is 0 Å². The van der Waals surface area contributed by atoms with Crippen molar-refractivity contribution in [1.82, 2.24) is 0 Å². The van der Waals surface area contributed by atoms with Gasteiger partial charge in [0.15, 0.2) is 6.17 Å². The van der Waals surface area contributed by atoms with E-state index in [1.54, 1.807) is 0 Å². The van der Waals surface area contributed by atoms with E-state index in [0.717, 1.165) is 0 Å². The summed E-state index contributed by atoms with van der Waals surface area (Å²) in [7, 11) is 0. The van der Waals surface area contributed by atoms with Crippen LogP contribution in [0.5, 0.6) is 0 Å². The Bertz CT molecular complexity index is 60.0. The zero-order chi connectivity index (χ0) is 6.08. The summed E-state index contributed by atoms with van der Waals surface area (Å²) in [4.78, 5) is 0. The number of rotatable bonds is 1. The predicted molar refractivity (Wildman–Crippen MR) is 23.5 cm³/mol. The summed E-state index contributed by atoms with van der Waals surface area (Å²) in [5, 5.41) is 7.39. The molecule has 1 nitrogen and oxygen atoms in total. The Morgan fingerprint density at radius 3 is 1.62 bits per heavy atom. The van der Waals surface area contributed by atoms with Gasteiger partial charge in [0.05, 0.1) is 0 Å². The molecule has 8 heavy (non-hydrogen) atoms. The van der Waals surface area contributed by atoms with Crippen LogP contribution in [0.3, 0.4) is 0 Å². The molecule has 1 unspecified atom stereocenters. The van der Waals surface area contributed by atoms with Crippen molar-refractivity contribution in [3.8, 4) is 0 Å². The third kappa shape index (κ3) is 3.99. The van der Waals surface area contributed by atoms with Gasteiger partial charge in [-0.15, -0.1) is 0 Å². The van der Waals surface area contributed by atoms with Crippen molar-refractivity contribution in [1.29, 1.82) is 0 Å². The minimum atomic E-state index is -4.17. The molecule has 0 amide bonds. The second-order valence-corrected chi connectivity index (χ2v) is 1.20. The van der Waals surface area contributed by atoms with Crippen LogP contribution in [0.4, 0.5) is 13.2 Å².